The topological polar surface area (TPSA) is 30.5 Å². The van der Waals surface area contributed by atoms with Crippen molar-refractivity contribution in [3.05, 3.63) is 0 Å². The van der Waals surface area contributed by atoms with Crippen LogP contribution in [0.3, 0.4) is 0 Å². The molecule has 0 spiro atoms. The van der Waals surface area contributed by atoms with Crippen LogP contribution >= 0.6 is 0 Å². The lowest BCUT2D eigenvalue weighted by atomic mass is 9.78. The highest BCUT2D eigenvalue weighted by Gasteiger charge is 2.36. The van der Waals surface area contributed by atoms with E-state index in [1.54, 1.807) is 0 Å². The van der Waals surface area contributed by atoms with E-state index >= 15 is 0 Å². The molecule has 3 atom stereocenters. The zero-order chi connectivity index (χ0) is 14.1. The van der Waals surface area contributed by atoms with E-state index in [4.69, 9.17) is 9.47 Å². The largest absolute Gasteiger partial charge is 0.379 e. The molecule has 3 nitrogen and oxygen atoms in total. The Morgan fingerprint density at radius 1 is 1.37 bits per heavy atom. The molecule has 1 aliphatic carbocycles. The molecular formula is C16H33NO2. The summed E-state index contributed by atoms with van der Waals surface area (Å²) >= 11 is 0. The van der Waals surface area contributed by atoms with Gasteiger partial charge in [0.1, 0.15) is 0 Å². The summed E-state index contributed by atoms with van der Waals surface area (Å²) < 4.78 is 11.9. The first kappa shape index (κ1) is 16.9. The molecule has 1 fully saturated rings. The third kappa shape index (κ3) is 6.24. The Balaban J connectivity index is 2.52. The van der Waals surface area contributed by atoms with Crippen LogP contribution in [0.25, 0.3) is 0 Å². The zero-order valence-electron chi connectivity index (χ0n) is 13.3. The Labute approximate surface area is 119 Å². The number of nitrogens with one attached hydrogen (secondary N) is 1. The van der Waals surface area contributed by atoms with Gasteiger partial charge in [-0.2, -0.15) is 0 Å². The molecular weight excluding hydrogens is 238 g/mol. The maximum Gasteiger partial charge on any atom is 0.0813 e. The van der Waals surface area contributed by atoms with Gasteiger partial charge in [0.2, 0.25) is 0 Å². The maximum absolute atomic E-state index is 6.41. The van der Waals surface area contributed by atoms with Crippen LogP contribution in [0, 0.1) is 5.92 Å². The third-order valence-corrected chi connectivity index (χ3v) is 3.93. The lowest BCUT2D eigenvalue weighted by Crippen LogP contribution is -2.49. The Morgan fingerprint density at radius 2 is 2.16 bits per heavy atom. The average Bonchev–Trinajstić information content (AvgIpc) is 2.36. The van der Waals surface area contributed by atoms with E-state index in [1.807, 2.05) is 6.92 Å². The monoisotopic (exact) mass is 271 g/mol. The van der Waals surface area contributed by atoms with Crippen LogP contribution in [0.15, 0.2) is 0 Å². The fourth-order valence-electron chi connectivity index (χ4n) is 3.16. The van der Waals surface area contributed by atoms with Gasteiger partial charge in [-0.05, 0) is 45.6 Å². The first-order valence-corrected chi connectivity index (χ1v) is 8.08. The highest BCUT2D eigenvalue weighted by molar-refractivity contribution is 4.90. The fraction of sp³-hybridized carbons (Fsp3) is 1.00. The fourth-order valence-corrected chi connectivity index (χ4v) is 3.16. The average molecular weight is 271 g/mol. The molecule has 1 rings (SSSR count). The second kappa shape index (κ2) is 8.93. The first-order valence-electron chi connectivity index (χ1n) is 8.08. The van der Waals surface area contributed by atoms with Crippen molar-refractivity contribution in [1.82, 2.24) is 5.32 Å². The van der Waals surface area contributed by atoms with E-state index in [9.17, 15) is 0 Å². The second-order valence-electron chi connectivity index (χ2n) is 6.15. The van der Waals surface area contributed by atoms with E-state index in [-0.39, 0.29) is 11.7 Å². The van der Waals surface area contributed by atoms with Crippen LogP contribution in [-0.4, -0.2) is 38.0 Å². The molecule has 0 amide bonds. The Morgan fingerprint density at radius 3 is 2.79 bits per heavy atom. The summed E-state index contributed by atoms with van der Waals surface area (Å²) in [5.74, 6) is 0.775. The lowest BCUT2D eigenvalue weighted by molar-refractivity contribution is -0.133. The summed E-state index contributed by atoms with van der Waals surface area (Å²) in [5, 5.41) is 3.56. The predicted octanol–water partition coefficient (Wildman–Crippen LogP) is 3.38. The highest BCUT2D eigenvalue weighted by Crippen LogP contribution is 2.35. The smallest absolute Gasteiger partial charge is 0.0813 e. The molecule has 0 bridgehead atoms. The van der Waals surface area contributed by atoms with Gasteiger partial charge in [0.15, 0.2) is 0 Å². The maximum atomic E-state index is 6.41. The molecule has 0 radical (unpaired) electrons. The van der Waals surface area contributed by atoms with Crippen LogP contribution in [0.2, 0.25) is 0 Å². The molecule has 0 aliphatic heterocycles. The zero-order valence-corrected chi connectivity index (χ0v) is 13.3. The van der Waals surface area contributed by atoms with E-state index in [1.165, 1.54) is 32.1 Å². The molecule has 1 aliphatic rings. The second-order valence-corrected chi connectivity index (χ2v) is 6.15. The van der Waals surface area contributed by atoms with Gasteiger partial charge in [-0.25, -0.2) is 0 Å². The number of hydrogen-bond acceptors (Lipinski definition) is 3. The molecule has 3 heteroatoms. The minimum absolute atomic E-state index is 0.0311. The number of rotatable bonds is 9. The van der Waals surface area contributed by atoms with Crippen LogP contribution in [0.5, 0.6) is 0 Å². The van der Waals surface area contributed by atoms with Crippen LogP contribution < -0.4 is 5.32 Å². The molecule has 0 aromatic heterocycles. The Bertz CT molecular complexity index is 235. The van der Waals surface area contributed by atoms with E-state index in [2.05, 4.69) is 26.1 Å². The molecule has 0 aromatic carbocycles. The summed E-state index contributed by atoms with van der Waals surface area (Å²) in [6.07, 6.45) is 6.37. The summed E-state index contributed by atoms with van der Waals surface area (Å²) in [7, 11) is 0. The first-order chi connectivity index (χ1) is 9.12. The molecule has 1 N–H and O–H groups in total. The van der Waals surface area contributed by atoms with Gasteiger partial charge in [-0.1, -0.05) is 26.7 Å². The highest BCUT2D eigenvalue weighted by atomic mass is 16.5. The Kier molecular flexibility index (Phi) is 7.96. The van der Waals surface area contributed by atoms with Gasteiger partial charge >= 0.3 is 0 Å². The normalized spacial score (nSPS) is 29.4. The van der Waals surface area contributed by atoms with Crippen LogP contribution in [-0.2, 0) is 9.47 Å². The predicted molar refractivity (Wildman–Crippen MR) is 80.6 cm³/mol. The van der Waals surface area contributed by atoms with E-state index in [0.29, 0.717) is 6.61 Å². The van der Waals surface area contributed by atoms with Crippen LogP contribution in [0.4, 0.5) is 0 Å². The molecule has 0 heterocycles. The Hall–Kier alpha value is -0.120. The van der Waals surface area contributed by atoms with Crippen molar-refractivity contribution in [2.24, 2.45) is 5.92 Å². The SMILES string of the molecule is CCCNCC1(OC(C)COCC)CCCC(C)C1. The van der Waals surface area contributed by atoms with Crippen molar-refractivity contribution < 1.29 is 9.47 Å². The van der Waals surface area contributed by atoms with Gasteiger partial charge in [-0.15, -0.1) is 0 Å². The lowest BCUT2D eigenvalue weighted by Gasteiger charge is -2.42. The van der Waals surface area contributed by atoms with Crippen LogP contribution in [0.1, 0.15) is 59.8 Å². The van der Waals surface area contributed by atoms with Gasteiger partial charge in [0.25, 0.3) is 0 Å². The third-order valence-electron chi connectivity index (χ3n) is 3.93. The van der Waals surface area contributed by atoms with Gasteiger partial charge in [0, 0.05) is 13.2 Å². The van der Waals surface area contributed by atoms with E-state index < -0.39 is 0 Å². The summed E-state index contributed by atoms with van der Waals surface area (Å²) in [6, 6.07) is 0. The quantitative estimate of drug-likeness (QED) is 0.652. The summed E-state index contributed by atoms with van der Waals surface area (Å²) in [5.41, 5.74) is 0.0311. The number of ether oxygens (including phenoxy) is 2. The molecule has 19 heavy (non-hydrogen) atoms. The summed E-state index contributed by atoms with van der Waals surface area (Å²) in [6.45, 7) is 12.3. The van der Waals surface area contributed by atoms with Gasteiger partial charge < -0.3 is 14.8 Å². The van der Waals surface area contributed by atoms with Crippen molar-refractivity contribution >= 4 is 0 Å². The molecule has 1 saturated carbocycles. The molecule has 0 aromatic rings. The van der Waals surface area contributed by atoms with Crippen molar-refractivity contribution in [3.63, 3.8) is 0 Å². The van der Waals surface area contributed by atoms with Gasteiger partial charge in [0.05, 0.1) is 18.3 Å². The molecule has 114 valence electrons. The molecule has 3 unspecified atom stereocenters. The standard InChI is InChI=1S/C16H33NO2/c1-5-10-17-13-16(9-7-8-14(3)11-16)19-15(4)12-18-6-2/h14-15,17H,5-13H2,1-4H3. The van der Waals surface area contributed by atoms with Crippen molar-refractivity contribution in [1.29, 1.82) is 0 Å². The minimum Gasteiger partial charge on any atom is -0.379 e. The van der Waals surface area contributed by atoms with Crippen molar-refractivity contribution in [3.8, 4) is 0 Å². The van der Waals surface area contributed by atoms with Gasteiger partial charge in [-0.3, -0.25) is 0 Å². The van der Waals surface area contributed by atoms with Crippen molar-refractivity contribution in [2.45, 2.75) is 71.5 Å². The summed E-state index contributed by atoms with van der Waals surface area (Å²) in [4.78, 5) is 0. The van der Waals surface area contributed by atoms with E-state index in [0.717, 1.165) is 25.6 Å². The number of hydrogen-bond donors (Lipinski definition) is 1. The van der Waals surface area contributed by atoms with Crippen molar-refractivity contribution in [2.75, 3.05) is 26.3 Å². The minimum atomic E-state index is 0.0311. The molecule has 0 saturated heterocycles.